The van der Waals surface area contributed by atoms with Gasteiger partial charge >= 0.3 is 0 Å². The van der Waals surface area contributed by atoms with E-state index in [2.05, 4.69) is 55.7 Å². The van der Waals surface area contributed by atoms with E-state index in [1.54, 1.807) is 11.3 Å². The quantitative estimate of drug-likeness (QED) is 0.923. The van der Waals surface area contributed by atoms with Gasteiger partial charge in [-0.05, 0) is 18.2 Å². The molecule has 1 aromatic carbocycles. The molecule has 112 valence electrons. The predicted molar refractivity (Wildman–Crippen MR) is 86.8 cm³/mol. The Morgan fingerprint density at radius 3 is 2.71 bits per heavy atom. The first-order valence-corrected chi connectivity index (χ1v) is 8.17. The molecule has 0 radical (unpaired) electrons. The number of rotatable bonds is 2. The lowest BCUT2D eigenvalue weighted by molar-refractivity contribution is 0.0553. The Hall–Kier alpha value is -1.23. The Morgan fingerprint density at radius 2 is 2.05 bits per heavy atom. The number of benzene rings is 1. The monoisotopic (exact) mass is 302 g/mol. The van der Waals surface area contributed by atoms with Gasteiger partial charge in [0.15, 0.2) is 0 Å². The molecule has 4 heteroatoms. The molecule has 21 heavy (non-hydrogen) atoms. The molecule has 1 aliphatic heterocycles. The van der Waals surface area contributed by atoms with Gasteiger partial charge in [0.1, 0.15) is 10.5 Å². The Kier molecular flexibility index (Phi) is 3.64. The number of nitrogens with zero attached hydrogens (tertiary/aromatic N) is 1. The molecule has 2 heterocycles. The van der Waals surface area contributed by atoms with Gasteiger partial charge in [0.2, 0.25) is 0 Å². The summed E-state index contributed by atoms with van der Waals surface area (Å²) in [6.07, 6.45) is 0. The molecular formula is C17H22N2OS. The van der Waals surface area contributed by atoms with Crippen molar-refractivity contribution in [3.05, 3.63) is 51.5 Å². The predicted octanol–water partition coefficient (Wildman–Crippen LogP) is 3.43. The van der Waals surface area contributed by atoms with Gasteiger partial charge in [-0.2, -0.15) is 0 Å². The van der Waals surface area contributed by atoms with Crippen LogP contribution in [0.1, 0.15) is 42.6 Å². The second kappa shape index (κ2) is 5.20. The minimum absolute atomic E-state index is 0.0682. The topological polar surface area (TPSA) is 34.2 Å². The summed E-state index contributed by atoms with van der Waals surface area (Å²) in [5, 5.41) is 6.74. The Balaban J connectivity index is 2.12. The molecule has 1 unspecified atom stereocenters. The SMILES string of the molecule is CNC1(c2nc(C(C)(C)C)cs2)COCc2ccccc21. The Labute approximate surface area is 130 Å². The molecule has 1 aliphatic rings. The van der Waals surface area contributed by atoms with Gasteiger partial charge in [-0.3, -0.25) is 0 Å². The fourth-order valence-corrected chi connectivity index (χ4v) is 4.01. The van der Waals surface area contributed by atoms with Crippen molar-refractivity contribution in [2.24, 2.45) is 0 Å². The zero-order valence-electron chi connectivity index (χ0n) is 13.1. The van der Waals surface area contributed by atoms with Crippen LogP contribution in [-0.4, -0.2) is 18.6 Å². The molecule has 1 aromatic heterocycles. The molecule has 0 saturated carbocycles. The maximum absolute atomic E-state index is 5.86. The van der Waals surface area contributed by atoms with Crippen LogP contribution in [0.15, 0.2) is 29.6 Å². The Morgan fingerprint density at radius 1 is 1.29 bits per heavy atom. The average Bonchev–Trinajstić information content (AvgIpc) is 2.97. The van der Waals surface area contributed by atoms with Gasteiger partial charge in [-0.1, -0.05) is 45.0 Å². The van der Waals surface area contributed by atoms with Crippen LogP contribution in [0, 0.1) is 0 Å². The third kappa shape index (κ3) is 2.41. The smallest absolute Gasteiger partial charge is 0.120 e. The summed E-state index contributed by atoms with van der Waals surface area (Å²) in [7, 11) is 1.99. The van der Waals surface area contributed by atoms with Crippen molar-refractivity contribution >= 4 is 11.3 Å². The second-order valence-electron chi connectivity index (χ2n) is 6.59. The number of hydrogen-bond donors (Lipinski definition) is 1. The first kappa shape index (κ1) is 14.7. The van der Waals surface area contributed by atoms with Crippen molar-refractivity contribution in [1.82, 2.24) is 10.3 Å². The van der Waals surface area contributed by atoms with Gasteiger partial charge in [0.25, 0.3) is 0 Å². The number of aromatic nitrogens is 1. The maximum atomic E-state index is 5.86. The lowest BCUT2D eigenvalue weighted by Gasteiger charge is -2.37. The van der Waals surface area contributed by atoms with E-state index >= 15 is 0 Å². The molecule has 1 N–H and O–H groups in total. The van der Waals surface area contributed by atoms with E-state index in [-0.39, 0.29) is 11.0 Å². The van der Waals surface area contributed by atoms with Crippen molar-refractivity contribution < 1.29 is 4.74 Å². The summed E-state index contributed by atoms with van der Waals surface area (Å²) < 4.78 is 5.86. The van der Waals surface area contributed by atoms with Gasteiger partial charge < -0.3 is 10.1 Å². The molecule has 0 bridgehead atoms. The van der Waals surface area contributed by atoms with Crippen molar-refractivity contribution in [1.29, 1.82) is 0 Å². The van der Waals surface area contributed by atoms with E-state index in [1.807, 2.05) is 7.05 Å². The lowest BCUT2D eigenvalue weighted by atomic mass is 9.85. The maximum Gasteiger partial charge on any atom is 0.120 e. The van der Waals surface area contributed by atoms with E-state index in [9.17, 15) is 0 Å². The first-order valence-electron chi connectivity index (χ1n) is 7.29. The molecule has 0 saturated heterocycles. The number of ether oxygens (including phenoxy) is 1. The van der Waals surface area contributed by atoms with E-state index < -0.39 is 0 Å². The van der Waals surface area contributed by atoms with Crippen LogP contribution in [0.4, 0.5) is 0 Å². The number of likely N-dealkylation sites (N-methyl/N-ethyl adjacent to an activating group) is 1. The van der Waals surface area contributed by atoms with Gasteiger partial charge in [0.05, 0.1) is 18.9 Å². The molecule has 2 aromatic rings. The van der Waals surface area contributed by atoms with Crippen LogP contribution in [0.5, 0.6) is 0 Å². The molecule has 3 nitrogen and oxygen atoms in total. The van der Waals surface area contributed by atoms with E-state index in [1.165, 1.54) is 11.1 Å². The minimum atomic E-state index is -0.330. The zero-order chi connectivity index (χ0) is 15.1. The molecule has 0 fully saturated rings. The van der Waals surface area contributed by atoms with Crippen LogP contribution < -0.4 is 5.32 Å². The number of nitrogens with one attached hydrogen (secondary N) is 1. The van der Waals surface area contributed by atoms with Crippen molar-refractivity contribution in [3.8, 4) is 0 Å². The van der Waals surface area contributed by atoms with E-state index in [0.717, 1.165) is 10.7 Å². The van der Waals surface area contributed by atoms with E-state index in [0.29, 0.717) is 13.2 Å². The fraction of sp³-hybridized carbons (Fsp3) is 0.471. The molecule has 0 spiro atoms. The average molecular weight is 302 g/mol. The highest BCUT2D eigenvalue weighted by molar-refractivity contribution is 7.09. The summed E-state index contributed by atoms with van der Waals surface area (Å²) in [6.45, 7) is 7.89. The fourth-order valence-electron chi connectivity index (χ4n) is 2.76. The standard InChI is InChI=1S/C17H22N2OS/c1-16(2,3)14-10-21-15(19-14)17(18-4)11-20-9-12-7-5-6-8-13(12)17/h5-8,10,18H,9,11H2,1-4H3. The van der Waals surface area contributed by atoms with Crippen LogP contribution in [-0.2, 0) is 22.3 Å². The highest BCUT2D eigenvalue weighted by Crippen LogP contribution is 2.38. The molecule has 1 atom stereocenters. The largest absolute Gasteiger partial charge is 0.374 e. The molecule has 0 aliphatic carbocycles. The molecule has 3 rings (SSSR count). The zero-order valence-corrected chi connectivity index (χ0v) is 13.9. The van der Waals surface area contributed by atoms with Gasteiger partial charge in [-0.15, -0.1) is 11.3 Å². The molecule has 0 amide bonds. The second-order valence-corrected chi connectivity index (χ2v) is 7.45. The first-order chi connectivity index (χ1) is 9.97. The normalized spacial score (nSPS) is 22.1. The summed E-state index contributed by atoms with van der Waals surface area (Å²) in [5.41, 5.74) is 3.40. The number of hydrogen-bond acceptors (Lipinski definition) is 4. The van der Waals surface area contributed by atoms with Crippen molar-refractivity contribution in [2.45, 2.75) is 38.3 Å². The lowest BCUT2D eigenvalue weighted by Crippen LogP contribution is -2.48. The van der Waals surface area contributed by atoms with Gasteiger partial charge in [0, 0.05) is 10.8 Å². The highest BCUT2D eigenvalue weighted by Gasteiger charge is 2.40. The van der Waals surface area contributed by atoms with Crippen LogP contribution in [0.25, 0.3) is 0 Å². The van der Waals surface area contributed by atoms with Crippen molar-refractivity contribution in [2.75, 3.05) is 13.7 Å². The number of fused-ring (bicyclic) bond motifs is 1. The van der Waals surface area contributed by atoms with Crippen LogP contribution in [0.2, 0.25) is 0 Å². The highest BCUT2D eigenvalue weighted by atomic mass is 32.1. The third-order valence-corrected chi connectivity index (χ3v) is 5.12. The summed E-state index contributed by atoms with van der Waals surface area (Å²) in [4.78, 5) is 4.92. The summed E-state index contributed by atoms with van der Waals surface area (Å²) in [5.74, 6) is 0. The van der Waals surface area contributed by atoms with Crippen LogP contribution >= 0.6 is 11.3 Å². The molecular weight excluding hydrogens is 280 g/mol. The van der Waals surface area contributed by atoms with Crippen molar-refractivity contribution in [3.63, 3.8) is 0 Å². The summed E-state index contributed by atoms with van der Waals surface area (Å²) in [6, 6.07) is 8.48. The minimum Gasteiger partial charge on any atom is -0.374 e. The summed E-state index contributed by atoms with van der Waals surface area (Å²) >= 11 is 1.72. The number of thiazole rings is 1. The van der Waals surface area contributed by atoms with Gasteiger partial charge in [-0.25, -0.2) is 4.98 Å². The van der Waals surface area contributed by atoms with Crippen LogP contribution in [0.3, 0.4) is 0 Å². The third-order valence-electron chi connectivity index (χ3n) is 4.12. The Bertz CT molecular complexity index is 644. The van der Waals surface area contributed by atoms with E-state index in [4.69, 9.17) is 9.72 Å².